The van der Waals surface area contributed by atoms with Crippen LogP contribution in [0.2, 0.25) is 0 Å². The number of aliphatic imine (C=N–C) groups is 1. The van der Waals surface area contributed by atoms with Crippen LogP contribution in [0.1, 0.15) is 33.6 Å². The Hall–Kier alpha value is -2.15. The maximum Gasteiger partial charge on any atom is 0.243 e. The Morgan fingerprint density at radius 2 is 1.88 bits per heavy atom. The lowest BCUT2D eigenvalue weighted by Gasteiger charge is -2.21. The molecule has 26 heavy (non-hydrogen) atoms. The van der Waals surface area contributed by atoms with Crippen LogP contribution in [0.4, 0.5) is 10.1 Å². The van der Waals surface area contributed by atoms with Gasteiger partial charge in [-0.25, -0.2) is 4.39 Å². The topological polar surface area (TPSA) is 68.8 Å². The highest BCUT2D eigenvalue weighted by Gasteiger charge is 2.08. The molecule has 0 aliphatic heterocycles. The second-order valence-electron chi connectivity index (χ2n) is 6.20. The summed E-state index contributed by atoms with van der Waals surface area (Å²) in [5, 5.41) is 8.99. The van der Waals surface area contributed by atoms with Gasteiger partial charge in [0.05, 0.1) is 6.54 Å². The minimum atomic E-state index is -0.333. The van der Waals surface area contributed by atoms with Gasteiger partial charge in [-0.15, -0.1) is 0 Å². The molecule has 0 radical (unpaired) electrons. The molecule has 0 aliphatic rings. The van der Waals surface area contributed by atoms with Crippen molar-refractivity contribution in [2.45, 2.75) is 39.7 Å². The predicted molar refractivity (Wildman–Crippen MR) is 106 cm³/mol. The summed E-state index contributed by atoms with van der Waals surface area (Å²) in [5.74, 6) is 0.0454. The van der Waals surface area contributed by atoms with Crippen LogP contribution in [-0.4, -0.2) is 56.0 Å². The SMILES string of the molecule is CCN(CC)CCCC(C)NC(=NC)NCC(=O)Nc1ccc(F)cc1. The molecule has 1 rings (SSSR count). The number of carbonyl (C=O) groups excluding carboxylic acids is 1. The van der Waals surface area contributed by atoms with Gasteiger partial charge < -0.3 is 20.9 Å². The van der Waals surface area contributed by atoms with E-state index in [1.807, 2.05) is 0 Å². The van der Waals surface area contributed by atoms with Crippen LogP contribution in [0, 0.1) is 5.82 Å². The van der Waals surface area contributed by atoms with E-state index in [4.69, 9.17) is 0 Å². The quantitative estimate of drug-likeness (QED) is 0.440. The minimum absolute atomic E-state index is 0.0865. The van der Waals surface area contributed by atoms with Gasteiger partial charge in [-0.2, -0.15) is 0 Å². The first kappa shape index (κ1) is 21.9. The highest BCUT2D eigenvalue weighted by atomic mass is 19.1. The fraction of sp³-hybridized carbons (Fsp3) is 0.579. The maximum absolute atomic E-state index is 12.9. The number of benzene rings is 1. The number of guanidine groups is 1. The zero-order valence-corrected chi connectivity index (χ0v) is 16.3. The standard InChI is InChI=1S/C19H32FN5O/c1-5-25(6-2)13-7-8-15(3)23-19(21-4)22-14-18(26)24-17-11-9-16(20)10-12-17/h9-12,15H,5-8,13-14H2,1-4H3,(H,24,26)(H2,21,22,23). The van der Waals surface area contributed by atoms with E-state index in [0.717, 1.165) is 32.5 Å². The second kappa shape index (κ2) is 12.2. The third kappa shape index (κ3) is 8.80. The van der Waals surface area contributed by atoms with Crippen LogP contribution in [0.25, 0.3) is 0 Å². The first-order valence-corrected chi connectivity index (χ1v) is 9.23. The van der Waals surface area contributed by atoms with E-state index in [2.05, 4.69) is 46.6 Å². The number of amides is 1. The van der Waals surface area contributed by atoms with E-state index < -0.39 is 0 Å². The van der Waals surface area contributed by atoms with Crippen molar-refractivity contribution in [3.8, 4) is 0 Å². The average molecular weight is 365 g/mol. The lowest BCUT2D eigenvalue weighted by atomic mass is 10.2. The molecule has 0 bridgehead atoms. The molecule has 1 atom stereocenters. The van der Waals surface area contributed by atoms with Crippen molar-refractivity contribution in [2.24, 2.45) is 4.99 Å². The molecule has 1 unspecified atom stereocenters. The molecule has 1 amide bonds. The van der Waals surface area contributed by atoms with Gasteiger partial charge in [-0.1, -0.05) is 13.8 Å². The summed E-state index contributed by atoms with van der Waals surface area (Å²) in [7, 11) is 1.68. The monoisotopic (exact) mass is 365 g/mol. The zero-order chi connectivity index (χ0) is 19.4. The first-order chi connectivity index (χ1) is 12.5. The third-order valence-corrected chi connectivity index (χ3v) is 4.16. The van der Waals surface area contributed by atoms with E-state index >= 15 is 0 Å². The highest BCUT2D eigenvalue weighted by Crippen LogP contribution is 2.07. The van der Waals surface area contributed by atoms with E-state index in [0.29, 0.717) is 11.6 Å². The van der Waals surface area contributed by atoms with Crippen LogP contribution in [0.15, 0.2) is 29.3 Å². The molecule has 146 valence electrons. The van der Waals surface area contributed by atoms with Gasteiger partial charge in [0.1, 0.15) is 5.82 Å². The molecule has 0 spiro atoms. The largest absolute Gasteiger partial charge is 0.354 e. The lowest BCUT2D eigenvalue weighted by Crippen LogP contribution is -2.45. The number of carbonyl (C=O) groups is 1. The fourth-order valence-corrected chi connectivity index (χ4v) is 2.56. The van der Waals surface area contributed by atoms with Gasteiger partial charge in [-0.3, -0.25) is 9.79 Å². The summed E-state index contributed by atoms with van der Waals surface area (Å²) < 4.78 is 12.9. The Kier molecular flexibility index (Phi) is 10.3. The van der Waals surface area contributed by atoms with E-state index in [9.17, 15) is 9.18 Å². The van der Waals surface area contributed by atoms with Crippen molar-refractivity contribution in [3.05, 3.63) is 30.1 Å². The molecular weight excluding hydrogens is 333 g/mol. The molecule has 7 heteroatoms. The predicted octanol–water partition coefficient (Wildman–Crippen LogP) is 2.44. The van der Waals surface area contributed by atoms with Gasteiger partial charge in [-0.05, 0) is 63.7 Å². The lowest BCUT2D eigenvalue weighted by molar-refractivity contribution is -0.115. The van der Waals surface area contributed by atoms with Crippen molar-refractivity contribution < 1.29 is 9.18 Å². The van der Waals surface area contributed by atoms with Crippen LogP contribution in [0.5, 0.6) is 0 Å². The van der Waals surface area contributed by atoms with Crippen LogP contribution < -0.4 is 16.0 Å². The smallest absolute Gasteiger partial charge is 0.243 e. The van der Waals surface area contributed by atoms with Gasteiger partial charge in [0.15, 0.2) is 5.96 Å². The highest BCUT2D eigenvalue weighted by molar-refractivity contribution is 5.94. The normalized spacial score (nSPS) is 12.8. The molecule has 1 aromatic rings. The molecule has 0 saturated carbocycles. The molecule has 0 fully saturated rings. The molecule has 6 nitrogen and oxygen atoms in total. The van der Waals surface area contributed by atoms with E-state index in [1.165, 1.54) is 24.3 Å². The Morgan fingerprint density at radius 3 is 2.46 bits per heavy atom. The first-order valence-electron chi connectivity index (χ1n) is 9.23. The molecule has 0 aromatic heterocycles. The van der Waals surface area contributed by atoms with Gasteiger partial charge in [0, 0.05) is 18.8 Å². The molecule has 0 aliphatic carbocycles. The Morgan fingerprint density at radius 1 is 1.23 bits per heavy atom. The molecule has 3 N–H and O–H groups in total. The number of hydrogen-bond acceptors (Lipinski definition) is 3. The Bertz CT molecular complexity index is 558. The fourth-order valence-electron chi connectivity index (χ4n) is 2.56. The summed E-state index contributed by atoms with van der Waals surface area (Å²) in [6.45, 7) is 9.78. The summed E-state index contributed by atoms with van der Waals surface area (Å²) in [6, 6.07) is 5.93. The van der Waals surface area contributed by atoms with Crippen molar-refractivity contribution in [3.63, 3.8) is 0 Å². The number of hydrogen-bond donors (Lipinski definition) is 3. The van der Waals surface area contributed by atoms with Crippen molar-refractivity contribution in [2.75, 3.05) is 38.5 Å². The number of halogens is 1. The number of anilines is 1. The summed E-state index contributed by atoms with van der Waals surface area (Å²) >= 11 is 0. The van der Waals surface area contributed by atoms with Crippen LogP contribution in [0.3, 0.4) is 0 Å². The molecule has 0 saturated heterocycles. The van der Waals surface area contributed by atoms with Gasteiger partial charge in [0.25, 0.3) is 0 Å². The van der Waals surface area contributed by atoms with Crippen LogP contribution >= 0.6 is 0 Å². The van der Waals surface area contributed by atoms with E-state index in [-0.39, 0.29) is 24.3 Å². The van der Waals surface area contributed by atoms with Crippen molar-refractivity contribution >= 4 is 17.6 Å². The molecular formula is C19H32FN5O. The van der Waals surface area contributed by atoms with Crippen LogP contribution in [-0.2, 0) is 4.79 Å². The third-order valence-electron chi connectivity index (χ3n) is 4.16. The Balaban J connectivity index is 2.30. The van der Waals surface area contributed by atoms with Crippen molar-refractivity contribution in [1.82, 2.24) is 15.5 Å². The zero-order valence-electron chi connectivity index (χ0n) is 16.3. The second-order valence-corrected chi connectivity index (χ2v) is 6.20. The average Bonchev–Trinajstić information content (AvgIpc) is 2.64. The number of nitrogens with one attached hydrogen (secondary N) is 3. The number of nitrogens with zero attached hydrogens (tertiary/aromatic N) is 2. The summed E-state index contributed by atoms with van der Waals surface area (Å²) in [5.41, 5.74) is 0.561. The number of rotatable bonds is 10. The molecule has 0 heterocycles. The maximum atomic E-state index is 12.9. The minimum Gasteiger partial charge on any atom is -0.354 e. The van der Waals surface area contributed by atoms with Gasteiger partial charge in [0.2, 0.25) is 5.91 Å². The summed E-state index contributed by atoms with van der Waals surface area (Å²) in [4.78, 5) is 18.5. The summed E-state index contributed by atoms with van der Waals surface area (Å²) in [6.07, 6.45) is 2.14. The molecule has 1 aromatic carbocycles. The Labute approximate surface area is 156 Å². The van der Waals surface area contributed by atoms with E-state index in [1.54, 1.807) is 7.05 Å². The van der Waals surface area contributed by atoms with Gasteiger partial charge >= 0.3 is 0 Å². The van der Waals surface area contributed by atoms with Crippen molar-refractivity contribution in [1.29, 1.82) is 0 Å².